The lowest BCUT2D eigenvalue weighted by atomic mass is 10.4. The SMILES string of the molecule is NCC=CC=CCN. The summed E-state index contributed by atoms with van der Waals surface area (Å²) in [5.74, 6) is 0. The minimum atomic E-state index is 0.592. The average Bonchev–Trinajstić information content (AvgIpc) is 1.81. The van der Waals surface area contributed by atoms with Gasteiger partial charge in [-0.25, -0.2) is 0 Å². The van der Waals surface area contributed by atoms with Crippen molar-refractivity contribution in [3.63, 3.8) is 0 Å². The summed E-state index contributed by atoms with van der Waals surface area (Å²) in [6, 6.07) is 0. The van der Waals surface area contributed by atoms with Gasteiger partial charge in [-0.3, -0.25) is 0 Å². The van der Waals surface area contributed by atoms with Gasteiger partial charge in [-0.2, -0.15) is 0 Å². The summed E-state index contributed by atoms with van der Waals surface area (Å²) in [5.41, 5.74) is 10.3. The zero-order valence-corrected chi connectivity index (χ0v) is 4.88. The molecule has 2 heteroatoms. The van der Waals surface area contributed by atoms with Gasteiger partial charge in [0.1, 0.15) is 0 Å². The maximum absolute atomic E-state index is 5.16. The molecule has 0 saturated heterocycles. The van der Waals surface area contributed by atoms with Gasteiger partial charge >= 0.3 is 0 Å². The monoisotopic (exact) mass is 112 g/mol. The van der Waals surface area contributed by atoms with Crippen molar-refractivity contribution in [1.82, 2.24) is 0 Å². The molecule has 0 amide bonds. The second-order valence-electron chi connectivity index (χ2n) is 1.33. The quantitative estimate of drug-likeness (QED) is 0.505. The van der Waals surface area contributed by atoms with Gasteiger partial charge in [0, 0.05) is 13.1 Å². The third-order valence-corrected chi connectivity index (χ3v) is 0.655. The highest BCUT2D eigenvalue weighted by Gasteiger charge is 1.61. The van der Waals surface area contributed by atoms with E-state index in [1.807, 2.05) is 24.3 Å². The van der Waals surface area contributed by atoms with Crippen molar-refractivity contribution >= 4 is 0 Å². The zero-order valence-electron chi connectivity index (χ0n) is 4.88. The molecule has 0 bridgehead atoms. The predicted octanol–water partition coefficient (Wildman–Crippen LogP) is 0.0162. The van der Waals surface area contributed by atoms with Crippen LogP contribution in [0.4, 0.5) is 0 Å². The van der Waals surface area contributed by atoms with Crippen LogP contribution in [0.2, 0.25) is 0 Å². The summed E-state index contributed by atoms with van der Waals surface area (Å²) in [7, 11) is 0. The Morgan fingerprint density at radius 3 is 1.50 bits per heavy atom. The van der Waals surface area contributed by atoms with Crippen molar-refractivity contribution in [3.05, 3.63) is 24.3 Å². The van der Waals surface area contributed by atoms with Gasteiger partial charge in [-0.05, 0) is 0 Å². The standard InChI is InChI=1S/C6H12N2/c7-5-3-1-2-4-6-8/h1-4H,5-8H2. The molecule has 0 fully saturated rings. The van der Waals surface area contributed by atoms with Crippen molar-refractivity contribution in [2.24, 2.45) is 11.5 Å². The Balaban J connectivity index is 3.13. The van der Waals surface area contributed by atoms with Crippen molar-refractivity contribution in [2.75, 3.05) is 13.1 Å². The van der Waals surface area contributed by atoms with Crippen LogP contribution in [0, 0.1) is 0 Å². The van der Waals surface area contributed by atoms with Crippen LogP contribution in [0.5, 0.6) is 0 Å². The Morgan fingerprint density at radius 2 is 1.25 bits per heavy atom. The van der Waals surface area contributed by atoms with Gasteiger partial charge in [0.25, 0.3) is 0 Å². The molecule has 0 rings (SSSR count). The highest BCUT2D eigenvalue weighted by atomic mass is 14.5. The normalized spacial score (nSPS) is 11.8. The molecule has 0 aliphatic carbocycles. The molecular weight excluding hydrogens is 100 g/mol. The van der Waals surface area contributed by atoms with E-state index in [-0.39, 0.29) is 0 Å². The predicted molar refractivity (Wildman–Crippen MR) is 36.4 cm³/mol. The molecule has 0 aromatic heterocycles. The van der Waals surface area contributed by atoms with Gasteiger partial charge in [-0.15, -0.1) is 0 Å². The lowest BCUT2D eigenvalue weighted by Crippen LogP contribution is -1.92. The minimum absolute atomic E-state index is 0.592. The van der Waals surface area contributed by atoms with E-state index < -0.39 is 0 Å². The molecule has 0 aliphatic rings. The molecular formula is C6H12N2. The van der Waals surface area contributed by atoms with Crippen LogP contribution in [0.1, 0.15) is 0 Å². The molecule has 8 heavy (non-hydrogen) atoms. The van der Waals surface area contributed by atoms with E-state index in [4.69, 9.17) is 11.5 Å². The summed E-state index contributed by atoms with van der Waals surface area (Å²) < 4.78 is 0. The van der Waals surface area contributed by atoms with Gasteiger partial charge < -0.3 is 11.5 Å². The topological polar surface area (TPSA) is 52.0 Å². The van der Waals surface area contributed by atoms with Crippen molar-refractivity contribution in [2.45, 2.75) is 0 Å². The number of nitrogens with two attached hydrogens (primary N) is 2. The zero-order chi connectivity index (χ0) is 6.24. The fraction of sp³-hybridized carbons (Fsp3) is 0.333. The summed E-state index contributed by atoms with van der Waals surface area (Å²) in [6.07, 6.45) is 7.50. The van der Waals surface area contributed by atoms with Gasteiger partial charge in [0.15, 0.2) is 0 Å². The molecule has 0 radical (unpaired) electrons. The third kappa shape index (κ3) is 5.40. The Kier molecular flexibility index (Phi) is 5.92. The maximum Gasteiger partial charge on any atom is 0.0109 e. The lowest BCUT2D eigenvalue weighted by Gasteiger charge is -1.75. The average molecular weight is 112 g/mol. The van der Waals surface area contributed by atoms with Crippen LogP contribution in [0.3, 0.4) is 0 Å². The first kappa shape index (κ1) is 7.40. The molecule has 0 unspecified atom stereocenters. The molecule has 0 atom stereocenters. The summed E-state index contributed by atoms with van der Waals surface area (Å²) >= 11 is 0. The molecule has 0 spiro atoms. The van der Waals surface area contributed by atoms with Crippen molar-refractivity contribution in [1.29, 1.82) is 0 Å². The van der Waals surface area contributed by atoms with Gasteiger partial charge in [0.05, 0.1) is 0 Å². The lowest BCUT2D eigenvalue weighted by molar-refractivity contribution is 1.24. The summed E-state index contributed by atoms with van der Waals surface area (Å²) in [6.45, 7) is 1.18. The Bertz CT molecular complexity index is 72.5. The summed E-state index contributed by atoms with van der Waals surface area (Å²) in [5, 5.41) is 0. The van der Waals surface area contributed by atoms with Crippen LogP contribution >= 0.6 is 0 Å². The smallest absolute Gasteiger partial charge is 0.0109 e. The Hall–Kier alpha value is -0.600. The summed E-state index contributed by atoms with van der Waals surface area (Å²) in [4.78, 5) is 0. The molecule has 2 nitrogen and oxygen atoms in total. The molecule has 4 N–H and O–H groups in total. The van der Waals surface area contributed by atoms with E-state index in [0.29, 0.717) is 13.1 Å². The molecule has 0 aromatic rings. The van der Waals surface area contributed by atoms with Crippen LogP contribution in [-0.2, 0) is 0 Å². The van der Waals surface area contributed by atoms with Crippen molar-refractivity contribution < 1.29 is 0 Å². The highest BCUT2D eigenvalue weighted by Crippen LogP contribution is 1.71. The van der Waals surface area contributed by atoms with E-state index in [1.165, 1.54) is 0 Å². The Labute approximate surface area is 49.9 Å². The van der Waals surface area contributed by atoms with Crippen LogP contribution in [0.15, 0.2) is 24.3 Å². The first-order valence-electron chi connectivity index (χ1n) is 2.63. The molecule has 0 saturated carbocycles. The first-order chi connectivity index (χ1) is 3.91. The van der Waals surface area contributed by atoms with E-state index in [0.717, 1.165) is 0 Å². The van der Waals surface area contributed by atoms with Gasteiger partial charge in [-0.1, -0.05) is 24.3 Å². The fourth-order valence-electron chi connectivity index (χ4n) is 0.314. The Morgan fingerprint density at radius 1 is 0.875 bits per heavy atom. The largest absolute Gasteiger partial charge is 0.327 e. The minimum Gasteiger partial charge on any atom is -0.327 e. The van der Waals surface area contributed by atoms with E-state index >= 15 is 0 Å². The molecule has 0 aliphatic heterocycles. The van der Waals surface area contributed by atoms with Crippen LogP contribution < -0.4 is 11.5 Å². The number of hydrogen-bond donors (Lipinski definition) is 2. The molecule has 0 heterocycles. The van der Waals surface area contributed by atoms with Crippen molar-refractivity contribution in [3.8, 4) is 0 Å². The van der Waals surface area contributed by atoms with Crippen LogP contribution in [-0.4, -0.2) is 13.1 Å². The number of rotatable bonds is 3. The number of allylic oxidation sites excluding steroid dienone is 2. The fourth-order valence-corrected chi connectivity index (χ4v) is 0.314. The van der Waals surface area contributed by atoms with E-state index in [9.17, 15) is 0 Å². The second kappa shape index (κ2) is 6.40. The van der Waals surface area contributed by atoms with E-state index in [1.54, 1.807) is 0 Å². The molecule has 46 valence electrons. The molecule has 0 aromatic carbocycles. The highest BCUT2D eigenvalue weighted by molar-refractivity contribution is 5.02. The second-order valence-corrected chi connectivity index (χ2v) is 1.33. The van der Waals surface area contributed by atoms with E-state index in [2.05, 4.69) is 0 Å². The third-order valence-electron chi connectivity index (χ3n) is 0.655. The maximum atomic E-state index is 5.16. The first-order valence-corrected chi connectivity index (χ1v) is 2.63. The van der Waals surface area contributed by atoms with Gasteiger partial charge in [0.2, 0.25) is 0 Å². The van der Waals surface area contributed by atoms with Crippen LogP contribution in [0.25, 0.3) is 0 Å². The number of hydrogen-bond acceptors (Lipinski definition) is 2.